The zero-order valence-electron chi connectivity index (χ0n) is 16.0. The van der Waals surface area contributed by atoms with E-state index in [9.17, 15) is 9.59 Å². The van der Waals surface area contributed by atoms with Crippen LogP contribution in [0.15, 0.2) is 54.9 Å². The number of aromatic nitrogens is 2. The van der Waals surface area contributed by atoms with E-state index in [1.54, 1.807) is 42.5 Å². The Morgan fingerprint density at radius 3 is 2.34 bits per heavy atom. The second-order valence-corrected chi connectivity index (χ2v) is 8.30. The van der Waals surface area contributed by atoms with Gasteiger partial charge in [-0.15, -0.1) is 0 Å². The molecule has 0 aliphatic rings. The van der Waals surface area contributed by atoms with E-state index in [1.807, 2.05) is 35.4 Å². The largest absolute Gasteiger partial charge is 0.290 e. The Hall–Kier alpha value is -2.14. The summed E-state index contributed by atoms with van der Waals surface area (Å²) in [6.07, 6.45) is 3.63. The van der Waals surface area contributed by atoms with Crippen LogP contribution in [0.1, 0.15) is 46.3 Å². The van der Waals surface area contributed by atoms with Crippen LogP contribution in [0.25, 0.3) is 0 Å². The van der Waals surface area contributed by atoms with Crippen molar-refractivity contribution >= 4 is 46.4 Å². The fourth-order valence-electron chi connectivity index (χ4n) is 3.23. The Kier molecular flexibility index (Phi) is 6.78. The van der Waals surface area contributed by atoms with Crippen molar-refractivity contribution in [1.29, 1.82) is 0 Å². The van der Waals surface area contributed by atoms with Gasteiger partial charge in [-0.3, -0.25) is 9.59 Å². The maximum atomic E-state index is 12.7. The summed E-state index contributed by atoms with van der Waals surface area (Å²) in [7, 11) is 0. The fraction of sp³-hybridized carbons (Fsp3) is 0.227. The van der Waals surface area contributed by atoms with Gasteiger partial charge in [-0.2, -0.15) is 0 Å². The van der Waals surface area contributed by atoms with Crippen molar-refractivity contribution in [1.82, 2.24) is 4.57 Å². The molecule has 0 aliphatic carbocycles. The highest BCUT2D eigenvalue weighted by molar-refractivity contribution is 6.42. The number of Topliss-reactive ketones (excluding diaryl/α,β-unsaturated/α-hetero) is 2. The highest BCUT2D eigenvalue weighted by Gasteiger charge is 2.25. The number of carbonyl (C=O) groups is 2. The molecule has 0 unspecified atom stereocenters. The van der Waals surface area contributed by atoms with E-state index in [0.29, 0.717) is 26.2 Å². The van der Waals surface area contributed by atoms with E-state index in [0.717, 1.165) is 5.82 Å². The molecule has 3 rings (SSSR count). The van der Waals surface area contributed by atoms with E-state index < -0.39 is 0 Å². The van der Waals surface area contributed by atoms with Crippen molar-refractivity contribution in [3.8, 4) is 0 Å². The van der Waals surface area contributed by atoms with Crippen molar-refractivity contribution in [2.24, 2.45) is 0 Å². The van der Waals surface area contributed by atoms with Crippen LogP contribution in [-0.4, -0.2) is 16.1 Å². The predicted octanol–water partition coefficient (Wildman–Crippen LogP) is 5.63. The van der Waals surface area contributed by atoms with Crippen molar-refractivity contribution in [2.75, 3.05) is 0 Å². The molecule has 0 atom stereocenters. The quantitative estimate of drug-likeness (QED) is 0.346. The van der Waals surface area contributed by atoms with Gasteiger partial charge in [-0.25, -0.2) is 9.13 Å². The third kappa shape index (κ3) is 5.08. The standard InChI is InChI=1S/C22H20Cl3N2O2/c1-14(2)22-26(12-20(28)15-4-3-5-17(23)10-15)8-9-27(22)13-21(29)16-6-7-18(24)19(25)11-16/h3-11,14H,12-13H2,1-2H3/q+1. The van der Waals surface area contributed by atoms with Crippen LogP contribution in [0, 0.1) is 0 Å². The third-order valence-corrected chi connectivity index (χ3v) is 5.52. The summed E-state index contributed by atoms with van der Waals surface area (Å²) in [4.78, 5) is 25.4. The van der Waals surface area contributed by atoms with Gasteiger partial charge in [0.1, 0.15) is 12.4 Å². The van der Waals surface area contributed by atoms with E-state index in [4.69, 9.17) is 34.8 Å². The number of imidazole rings is 1. The number of hydrogen-bond acceptors (Lipinski definition) is 2. The molecule has 3 aromatic rings. The number of rotatable bonds is 7. The lowest BCUT2D eigenvalue weighted by Crippen LogP contribution is -2.41. The van der Waals surface area contributed by atoms with Crippen LogP contribution in [0.3, 0.4) is 0 Å². The maximum absolute atomic E-state index is 12.7. The molecule has 1 aromatic heterocycles. The Morgan fingerprint density at radius 1 is 0.966 bits per heavy atom. The molecule has 0 radical (unpaired) electrons. The first-order valence-corrected chi connectivity index (χ1v) is 10.2. The van der Waals surface area contributed by atoms with Gasteiger partial charge >= 0.3 is 0 Å². The molecule has 7 heteroatoms. The minimum Gasteiger partial charge on any atom is -0.290 e. The number of benzene rings is 2. The smallest absolute Gasteiger partial charge is 0.259 e. The monoisotopic (exact) mass is 449 g/mol. The van der Waals surface area contributed by atoms with Gasteiger partial charge in [-0.05, 0) is 30.3 Å². The van der Waals surface area contributed by atoms with E-state index in [-0.39, 0.29) is 30.6 Å². The van der Waals surface area contributed by atoms with Gasteiger partial charge in [0.2, 0.25) is 11.6 Å². The van der Waals surface area contributed by atoms with Gasteiger partial charge in [0.15, 0.2) is 13.1 Å². The van der Waals surface area contributed by atoms with E-state index in [2.05, 4.69) is 0 Å². The molecule has 1 heterocycles. The normalized spacial score (nSPS) is 11.1. The average Bonchev–Trinajstić information content (AvgIpc) is 3.06. The molecule has 2 aromatic carbocycles. The molecule has 0 saturated carbocycles. The Morgan fingerprint density at radius 2 is 1.69 bits per heavy atom. The summed E-state index contributed by atoms with van der Waals surface area (Å²) >= 11 is 18.0. The van der Waals surface area contributed by atoms with Crippen LogP contribution < -0.4 is 4.57 Å². The molecule has 4 nitrogen and oxygen atoms in total. The molecule has 150 valence electrons. The minimum atomic E-state index is -0.0885. The SMILES string of the molecule is CC(C)c1n(CC(=O)c2cccc(Cl)c2)cc[n+]1CC(=O)c1ccc(Cl)c(Cl)c1. The number of carbonyl (C=O) groups excluding carboxylic acids is 2. The third-order valence-electron chi connectivity index (χ3n) is 4.55. The number of hydrogen-bond donors (Lipinski definition) is 0. The first-order valence-electron chi connectivity index (χ1n) is 9.11. The average molecular weight is 451 g/mol. The first kappa shape index (κ1) is 21.6. The van der Waals surface area contributed by atoms with Crippen molar-refractivity contribution in [2.45, 2.75) is 32.9 Å². The second-order valence-electron chi connectivity index (χ2n) is 7.05. The molecule has 0 N–H and O–H groups in total. The van der Waals surface area contributed by atoms with Crippen molar-refractivity contribution in [3.63, 3.8) is 0 Å². The summed E-state index contributed by atoms with van der Waals surface area (Å²) in [5, 5.41) is 1.27. The summed E-state index contributed by atoms with van der Waals surface area (Å²) in [6.45, 7) is 4.36. The zero-order valence-corrected chi connectivity index (χ0v) is 18.3. The number of nitrogens with zero attached hydrogens (tertiary/aromatic N) is 2. The molecule has 0 saturated heterocycles. The number of halogens is 3. The number of ketones is 2. The molecule has 0 aliphatic heterocycles. The molecule has 0 fully saturated rings. The van der Waals surface area contributed by atoms with Crippen LogP contribution in [0.4, 0.5) is 0 Å². The fourth-order valence-corrected chi connectivity index (χ4v) is 3.72. The van der Waals surface area contributed by atoms with Gasteiger partial charge in [0, 0.05) is 16.1 Å². The van der Waals surface area contributed by atoms with Gasteiger partial charge in [0.05, 0.1) is 16.0 Å². The predicted molar refractivity (Wildman–Crippen MR) is 115 cm³/mol. The summed E-state index contributed by atoms with van der Waals surface area (Å²) in [6, 6.07) is 11.7. The van der Waals surface area contributed by atoms with Crippen LogP contribution in [0.2, 0.25) is 15.1 Å². The van der Waals surface area contributed by atoms with Crippen molar-refractivity contribution in [3.05, 3.63) is 86.9 Å². The summed E-state index contributed by atoms with van der Waals surface area (Å²) in [5.74, 6) is 0.856. The Balaban J connectivity index is 1.84. The van der Waals surface area contributed by atoms with Gasteiger partial charge < -0.3 is 0 Å². The molecule has 0 spiro atoms. The Labute approximate surface area is 184 Å². The van der Waals surface area contributed by atoms with E-state index >= 15 is 0 Å². The highest BCUT2D eigenvalue weighted by Crippen LogP contribution is 2.23. The van der Waals surface area contributed by atoms with Gasteiger partial charge in [0.25, 0.3) is 5.82 Å². The van der Waals surface area contributed by atoms with Crippen molar-refractivity contribution < 1.29 is 14.2 Å². The summed E-state index contributed by atoms with van der Waals surface area (Å²) in [5.41, 5.74) is 1.05. The highest BCUT2D eigenvalue weighted by atomic mass is 35.5. The molecular formula is C22H20Cl3N2O2+. The minimum absolute atomic E-state index is 0.0482. The maximum Gasteiger partial charge on any atom is 0.259 e. The van der Waals surface area contributed by atoms with Crippen LogP contribution in [0.5, 0.6) is 0 Å². The topological polar surface area (TPSA) is 43.0 Å². The molecule has 0 bridgehead atoms. The second kappa shape index (κ2) is 9.12. The van der Waals surface area contributed by atoms with E-state index in [1.165, 1.54) is 0 Å². The lowest BCUT2D eigenvalue weighted by atomic mass is 10.1. The lowest BCUT2D eigenvalue weighted by molar-refractivity contribution is -0.691. The zero-order chi connectivity index (χ0) is 21.1. The lowest BCUT2D eigenvalue weighted by Gasteiger charge is -2.08. The van der Waals surface area contributed by atoms with Gasteiger partial charge in [-0.1, -0.05) is 60.8 Å². The molecule has 29 heavy (non-hydrogen) atoms. The van der Waals surface area contributed by atoms with Crippen LogP contribution >= 0.6 is 34.8 Å². The first-order chi connectivity index (χ1) is 13.8. The van der Waals surface area contributed by atoms with Crippen LogP contribution in [-0.2, 0) is 13.1 Å². The Bertz CT molecular complexity index is 1070. The molecule has 0 amide bonds. The summed E-state index contributed by atoms with van der Waals surface area (Å²) < 4.78 is 3.73. The molecular weight excluding hydrogens is 431 g/mol.